The minimum Gasteiger partial charge on any atom is -0.324 e. The first-order valence-electron chi connectivity index (χ1n) is 9.92. The maximum absolute atomic E-state index is 12.2. The number of hydrogen-bond donors (Lipinski definition) is 1. The van der Waals surface area contributed by atoms with Crippen molar-refractivity contribution in [1.29, 1.82) is 0 Å². The third kappa shape index (κ3) is 2.99. The lowest BCUT2D eigenvalue weighted by molar-refractivity contribution is 0.821. The number of hydrogen-bond acceptors (Lipinski definition) is 5. The van der Waals surface area contributed by atoms with Gasteiger partial charge in [0.1, 0.15) is 11.7 Å². The van der Waals surface area contributed by atoms with E-state index >= 15 is 0 Å². The van der Waals surface area contributed by atoms with E-state index in [1.54, 1.807) is 13.3 Å². The van der Waals surface area contributed by atoms with Gasteiger partial charge in [-0.3, -0.25) is 4.79 Å². The number of benzene rings is 2. The first-order valence-corrected chi connectivity index (χ1v) is 9.92. The zero-order valence-corrected chi connectivity index (χ0v) is 17.2. The molecule has 0 radical (unpaired) electrons. The van der Waals surface area contributed by atoms with Crippen LogP contribution in [0.3, 0.4) is 0 Å². The van der Waals surface area contributed by atoms with Crippen LogP contribution in [0.1, 0.15) is 22.5 Å². The Kier molecular flexibility index (Phi) is 4.24. The van der Waals surface area contributed by atoms with Gasteiger partial charge in [0, 0.05) is 11.3 Å². The summed E-state index contributed by atoms with van der Waals surface area (Å²) in [6.07, 6.45) is 1.66. The monoisotopic (exact) mass is 398 g/mol. The van der Waals surface area contributed by atoms with Gasteiger partial charge in [-0.05, 0) is 44.0 Å². The Morgan fingerprint density at radius 3 is 2.67 bits per heavy atom. The largest absolute Gasteiger partial charge is 0.324 e. The first kappa shape index (κ1) is 18.3. The molecule has 0 saturated heterocycles. The van der Waals surface area contributed by atoms with E-state index in [2.05, 4.69) is 58.0 Å². The SMILES string of the molecule is Cc1nc2c(ncn2CC2=Nc3cccc(C)c3CN2c2ccccc2C)c(=O)[nH]1. The first-order chi connectivity index (χ1) is 14.5. The lowest BCUT2D eigenvalue weighted by atomic mass is 10.0. The van der Waals surface area contributed by atoms with Gasteiger partial charge in [-0.2, -0.15) is 0 Å². The molecule has 1 aliphatic rings. The van der Waals surface area contributed by atoms with Crippen molar-refractivity contribution in [2.45, 2.75) is 33.9 Å². The smallest absolute Gasteiger partial charge is 0.279 e. The fourth-order valence-electron chi connectivity index (χ4n) is 3.99. The molecule has 0 aliphatic carbocycles. The van der Waals surface area contributed by atoms with Crippen LogP contribution in [0.25, 0.3) is 11.2 Å². The van der Waals surface area contributed by atoms with E-state index < -0.39 is 0 Å². The molecule has 0 spiro atoms. The number of rotatable bonds is 3. The minimum atomic E-state index is -0.224. The molecule has 1 aliphatic heterocycles. The van der Waals surface area contributed by atoms with Crippen LogP contribution in [-0.4, -0.2) is 25.4 Å². The number of fused-ring (bicyclic) bond motifs is 2. The molecular formula is C23H22N6O. The number of aliphatic imine (C=N–C) groups is 1. The average molecular weight is 398 g/mol. The maximum Gasteiger partial charge on any atom is 0.279 e. The van der Waals surface area contributed by atoms with Crippen LogP contribution in [0, 0.1) is 20.8 Å². The second-order valence-electron chi connectivity index (χ2n) is 7.67. The highest BCUT2D eigenvalue weighted by Gasteiger charge is 2.24. The highest BCUT2D eigenvalue weighted by molar-refractivity contribution is 6.01. The molecule has 0 saturated carbocycles. The third-order valence-corrected chi connectivity index (χ3v) is 5.57. The molecule has 7 heteroatoms. The van der Waals surface area contributed by atoms with Crippen LogP contribution < -0.4 is 10.5 Å². The van der Waals surface area contributed by atoms with Gasteiger partial charge < -0.3 is 14.5 Å². The fraction of sp³-hybridized carbons (Fsp3) is 0.217. The van der Waals surface area contributed by atoms with Crippen LogP contribution in [-0.2, 0) is 13.1 Å². The van der Waals surface area contributed by atoms with Crippen LogP contribution in [0.4, 0.5) is 11.4 Å². The van der Waals surface area contributed by atoms with Gasteiger partial charge in [-0.1, -0.05) is 30.3 Å². The molecule has 7 nitrogen and oxygen atoms in total. The lowest BCUT2D eigenvalue weighted by Gasteiger charge is -2.32. The number of aromatic nitrogens is 4. The van der Waals surface area contributed by atoms with Crippen molar-refractivity contribution in [1.82, 2.24) is 19.5 Å². The number of nitrogens with one attached hydrogen (secondary N) is 1. The Morgan fingerprint density at radius 1 is 1.03 bits per heavy atom. The van der Waals surface area contributed by atoms with E-state index in [0.717, 1.165) is 23.8 Å². The van der Waals surface area contributed by atoms with Gasteiger partial charge in [-0.15, -0.1) is 0 Å². The summed E-state index contributed by atoms with van der Waals surface area (Å²) in [5.41, 5.74) is 6.44. The fourth-order valence-corrected chi connectivity index (χ4v) is 3.99. The van der Waals surface area contributed by atoms with Crippen LogP contribution in [0.15, 0.2) is 58.6 Å². The summed E-state index contributed by atoms with van der Waals surface area (Å²) in [6, 6.07) is 14.5. The van der Waals surface area contributed by atoms with E-state index in [1.807, 2.05) is 22.8 Å². The van der Waals surface area contributed by atoms with Crippen LogP contribution in [0.2, 0.25) is 0 Å². The normalized spacial score (nSPS) is 13.4. The molecule has 2 aromatic carbocycles. The van der Waals surface area contributed by atoms with Gasteiger partial charge in [0.15, 0.2) is 11.2 Å². The predicted octanol–water partition coefficient (Wildman–Crippen LogP) is 3.80. The molecular weight excluding hydrogens is 376 g/mol. The van der Waals surface area contributed by atoms with Crippen molar-refractivity contribution in [3.8, 4) is 0 Å². The molecule has 3 heterocycles. The zero-order chi connectivity index (χ0) is 20.8. The summed E-state index contributed by atoms with van der Waals surface area (Å²) in [6.45, 7) is 7.21. The van der Waals surface area contributed by atoms with E-state index in [9.17, 15) is 4.79 Å². The molecule has 4 aromatic rings. The van der Waals surface area contributed by atoms with Crippen molar-refractivity contribution in [2.24, 2.45) is 4.99 Å². The molecule has 150 valence electrons. The maximum atomic E-state index is 12.2. The summed E-state index contributed by atoms with van der Waals surface area (Å²) < 4.78 is 1.89. The number of imidazole rings is 1. The Balaban J connectivity index is 1.65. The number of nitrogens with zero attached hydrogens (tertiary/aromatic N) is 5. The Bertz CT molecular complexity index is 1360. The van der Waals surface area contributed by atoms with Gasteiger partial charge >= 0.3 is 0 Å². The quantitative estimate of drug-likeness (QED) is 0.569. The zero-order valence-electron chi connectivity index (χ0n) is 17.2. The molecule has 0 fully saturated rings. The Labute approximate surface area is 173 Å². The highest BCUT2D eigenvalue weighted by Crippen LogP contribution is 2.33. The molecule has 5 rings (SSSR count). The van der Waals surface area contributed by atoms with Gasteiger partial charge in [0.2, 0.25) is 0 Å². The van der Waals surface area contributed by atoms with Gasteiger partial charge in [0.05, 0.1) is 25.1 Å². The third-order valence-electron chi connectivity index (χ3n) is 5.57. The molecule has 30 heavy (non-hydrogen) atoms. The molecule has 1 N–H and O–H groups in total. The average Bonchev–Trinajstić information content (AvgIpc) is 3.11. The predicted molar refractivity (Wildman–Crippen MR) is 119 cm³/mol. The second kappa shape index (κ2) is 6.95. The number of para-hydroxylation sites is 1. The minimum absolute atomic E-state index is 0.224. The number of aryl methyl sites for hydroxylation is 3. The number of amidine groups is 1. The Morgan fingerprint density at radius 2 is 1.83 bits per heavy atom. The van der Waals surface area contributed by atoms with E-state index in [-0.39, 0.29) is 5.56 Å². The summed E-state index contributed by atoms with van der Waals surface area (Å²) in [4.78, 5) is 31.0. The van der Waals surface area contributed by atoms with Crippen molar-refractivity contribution in [3.63, 3.8) is 0 Å². The van der Waals surface area contributed by atoms with E-state index in [1.165, 1.54) is 16.7 Å². The number of H-pyrrole nitrogens is 1. The molecule has 0 atom stereocenters. The molecule has 0 bridgehead atoms. The van der Waals surface area contributed by atoms with Crippen molar-refractivity contribution in [2.75, 3.05) is 4.90 Å². The summed E-state index contributed by atoms with van der Waals surface area (Å²) in [7, 11) is 0. The van der Waals surface area contributed by atoms with Crippen LogP contribution in [0.5, 0.6) is 0 Å². The lowest BCUT2D eigenvalue weighted by Crippen LogP contribution is -2.36. The number of aromatic amines is 1. The highest BCUT2D eigenvalue weighted by atomic mass is 16.1. The summed E-state index contributed by atoms with van der Waals surface area (Å²) >= 11 is 0. The van der Waals surface area contributed by atoms with Crippen molar-refractivity contribution < 1.29 is 0 Å². The standard InChI is InChI=1S/C23H22N6O/c1-14-8-6-9-18-17(14)11-29(19-10-5-4-7-15(19)2)20(27-18)12-28-13-24-21-22(28)25-16(3)26-23(21)30/h4-10,13H,11-12H2,1-3H3,(H,25,26,30). The van der Waals surface area contributed by atoms with Crippen molar-refractivity contribution >= 4 is 28.4 Å². The van der Waals surface area contributed by atoms with Crippen molar-refractivity contribution in [3.05, 3.63) is 81.7 Å². The second-order valence-corrected chi connectivity index (χ2v) is 7.67. The number of anilines is 1. The molecule has 0 amide bonds. The van der Waals surface area contributed by atoms with Crippen LogP contribution >= 0.6 is 0 Å². The van der Waals surface area contributed by atoms with Gasteiger partial charge in [-0.25, -0.2) is 15.0 Å². The molecule has 2 aromatic heterocycles. The molecule has 0 unspecified atom stereocenters. The summed E-state index contributed by atoms with van der Waals surface area (Å²) in [5, 5.41) is 0. The summed E-state index contributed by atoms with van der Waals surface area (Å²) in [5.74, 6) is 1.46. The topological polar surface area (TPSA) is 79.2 Å². The van der Waals surface area contributed by atoms with Gasteiger partial charge in [0.25, 0.3) is 5.56 Å². The van der Waals surface area contributed by atoms with E-state index in [4.69, 9.17) is 4.99 Å². The van der Waals surface area contributed by atoms with E-state index in [0.29, 0.717) is 23.5 Å². The Hall–Kier alpha value is -3.74.